The van der Waals surface area contributed by atoms with Gasteiger partial charge in [0, 0.05) is 19.3 Å². The van der Waals surface area contributed by atoms with Gasteiger partial charge in [-0.15, -0.1) is 11.8 Å². The van der Waals surface area contributed by atoms with Gasteiger partial charge in [0.05, 0.1) is 24.9 Å². The molecule has 0 saturated heterocycles. The summed E-state index contributed by atoms with van der Waals surface area (Å²) >= 11 is 1.35. The summed E-state index contributed by atoms with van der Waals surface area (Å²) < 4.78 is 36.9. The molecule has 0 radical (unpaired) electrons. The average molecular weight is 376 g/mol. The van der Waals surface area contributed by atoms with Crippen molar-refractivity contribution in [3.63, 3.8) is 0 Å². The molecule has 1 aromatic rings. The number of benzene rings is 1. The molecule has 1 rings (SSSR count). The van der Waals surface area contributed by atoms with E-state index in [4.69, 9.17) is 4.74 Å². The zero-order valence-corrected chi connectivity index (χ0v) is 16.4. The monoisotopic (exact) mass is 375 g/mol. The third-order valence-electron chi connectivity index (χ3n) is 3.61. The first-order valence-corrected chi connectivity index (χ1v) is 10.2. The third kappa shape index (κ3) is 5.12. The van der Waals surface area contributed by atoms with Gasteiger partial charge in [0.2, 0.25) is 10.0 Å². The van der Waals surface area contributed by atoms with Crippen molar-refractivity contribution in [1.82, 2.24) is 4.31 Å². The number of thioether (sulfide) groups is 1. The van der Waals surface area contributed by atoms with E-state index in [1.165, 1.54) is 23.2 Å². The second-order valence-electron chi connectivity index (χ2n) is 5.24. The lowest BCUT2D eigenvalue weighted by Crippen LogP contribution is -2.30. The Kier molecular flexibility index (Phi) is 8.05. The number of esters is 1. The number of hydrogen-bond donors (Lipinski definition) is 0. The van der Waals surface area contributed by atoms with Gasteiger partial charge in [-0.3, -0.25) is 4.79 Å². The Morgan fingerprint density at radius 2 is 1.96 bits per heavy atom. The molecule has 0 saturated carbocycles. The molecular formula is C16H25NO5S2. The van der Waals surface area contributed by atoms with Crippen LogP contribution in [-0.4, -0.2) is 58.0 Å². The molecule has 136 valence electrons. The van der Waals surface area contributed by atoms with Crippen LogP contribution in [0.4, 0.5) is 0 Å². The molecule has 0 spiro atoms. The van der Waals surface area contributed by atoms with Crippen molar-refractivity contribution < 1.29 is 22.7 Å². The second kappa shape index (κ2) is 9.29. The SMILES string of the molecule is CCc1cc(OC)cc(C)c1S(=O)(=O)N(C)CCSCC(=O)OC. The predicted molar refractivity (Wildman–Crippen MR) is 96.3 cm³/mol. The predicted octanol–water partition coefficient (Wildman–Crippen LogP) is 2.09. The van der Waals surface area contributed by atoms with Crippen molar-refractivity contribution in [1.29, 1.82) is 0 Å². The highest BCUT2D eigenvalue weighted by molar-refractivity contribution is 8.00. The number of rotatable bonds is 9. The molecule has 0 amide bonds. The topological polar surface area (TPSA) is 72.9 Å². The van der Waals surface area contributed by atoms with Crippen LogP contribution in [0.2, 0.25) is 0 Å². The molecule has 0 aliphatic rings. The van der Waals surface area contributed by atoms with Crippen molar-refractivity contribution in [2.24, 2.45) is 0 Å². The van der Waals surface area contributed by atoms with Gasteiger partial charge in [-0.05, 0) is 36.6 Å². The van der Waals surface area contributed by atoms with E-state index in [-0.39, 0.29) is 11.7 Å². The fourth-order valence-electron chi connectivity index (χ4n) is 2.24. The molecule has 6 nitrogen and oxygen atoms in total. The van der Waals surface area contributed by atoms with Gasteiger partial charge < -0.3 is 9.47 Å². The molecule has 8 heteroatoms. The summed E-state index contributed by atoms with van der Waals surface area (Å²) in [6.45, 7) is 4.01. The molecule has 0 bridgehead atoms. The maximum atomic E-state index is 12.9. The van der Waals surface area contributed by atoms with Gasteiger partial charge in [0.25, 0.3) is 0 Å². The van der Waals surface area contributed by atoms with Crippen LogP contribution in [0.1, 0.15) is 18.1 Å². The van der Waals surface area contributed by atoms with Gasteiger partial charge in [-0.2, -0.15) is 0 Å². The first-order valence-electron chi connectivity index (χ1n) is 7.56. The zero-order chi connectivity index (χ0) is 18.3. The molecule has 0 aliphatic heterocycles. The van der Waals surface area contributed by atoms with Crippen molar-refractivity contribution in [2.75, 3.05) is 39.3 Å². The molecule has 0 aliphatic carbocycles. The van der Waals surface area contributed by atoms with E-state index in [1.54, 1.807) is 33.2 Å². The Labute approximate surface area is 148 Å². The molecule has 0 fully saturated rings. The lowest BCUT2D eigenvalue weighted by atomic mass is 10.1. The van der Waals surface area contributed by atoms with Crippen LogP contribution in [0.5, 0.6) is 5.75 Å². The van der Waals surface area contributed by atoms with Crippen molar-refractivity contribution in [3.05, 3.63) is 23.3 Å². The highest BCUT2D eigenvalue weighted by Gasteiger charge is 2.26. The number of aryl methyl sites for hydroxylation is 2. The number of nitrogens with zero attached hydrogens (tertiary/aromatic N) is 1. The average Bonchev–Trinajstić information content (AvgIpc) is 2.56. The van der Waals surface area contributed by atoms with Gasteiger partial charge in [0.15, 0.2) is 0 Å². The summed E-state index contributed by atoms with van der Waals surface area (Å²) in [5.41, 5.74) is 1.40. The van der Waals surface area contributed by atoms with Crippen LogP contribution in [0.15, 0.2) is 17.0 Å². The molecule has 24 heavy (non-hydrogen) atoms. The summed E-state index contributed by atoms with van der Waals surface area (Å²) in [4.78, 5) is 11.4. The van der Waals surface area contributed by atoms with Crippen LogP contribution in [0.3, 0.4) is 0 Å². The van der Waals surface area contributed by atoms with Gasteiger partial charge in [-0.1, -0.05) is 6.92 Å². The molecular weight excluding hydrogens is 350 g/mol. The number of sulfonamides is 1. The Bertz CT molecular complexity index is 673. The van der Waals surface area contributed by atoms with E-state index in [1.807, 2.05) is 6.92 Å². The summed E-state index contributed by atoms with van der Waals surface area (Å²) in [5.74, 6) is 1.07. The molecule has 0 aromatic heterocycles. The fourth-order valence-corrected chi connectivity index (χ4v) is 4.84. The highest BCUT2D eigenvalue weighted by atomic mass is 32.2. The Morgan fingerprint density at radius 1 is 1.29 bits per heavy atom. The van der Waals surface area contributed by atoms with Crippen molar-refractivity contribution in [3.8, 4) is 5.75 Å². The minimum absolute atomic E-state index is 0.214. The van der Waals surface area contributed by atoms with Crippen LogP contribution in [-0.2, 0) is 26.0 Å². The van der Waals surface area contributed by atoms with Crippen molar-refractivity contribution >= 4 is 27.8 Å². The number of methoxy groups -OCH3 is 2. The minimum Gasteiger partial charge on any atom is -0.497 e. The van der Waals surface area contributed by atoms with Gasteiger partial charge in [-0.25, -0.2) is 12.7 Å². The summed E-state index contributed by atoms with van der Waals surface area (Å²) in [6, 6.07) is 3.49. The lowest BCUT2D eigenvalue weighted by Gasteiger charge is -2.21. The number of carbonyl (C=O) groups excluding carboxylic acids is 1. The van der Waals surface area contributed by atoms with E-state index >= 15 is 0 Å². The van der Waals surface area contributed by atoms with Gasteiger partial charge >= 0.3 is 5.97 Å². The number of hydrogen-bond acceptors (Lipinski definition) is 6. The summed E-state index contributed by atoms with van der Waals surface area (Å²) in [7, 11) is 0.851. The second-order valence-corrected chi connectivity index (χ2v) is 8.33. The van der Waals surface area contributed by atoms with Crippen LogP contribution in [0.25, 0.3) is 0 Å². The number of carbonyl (C=O) groups is 1. The lowest BCUT2D eigenvalue weighted by molar-refractivity contribution is -0.137. The van der Waals surface area contributed by atoms with Crippen LogP contribution in [0, 0.1) is 6.92 Å². The normalized spacial score (nSPS) is 11.6. The molecule has 1 aromatic carbocycles. The maximum Gasteiger partial charge on any atom is 0.315 e. The minimum atomic E-state index is -3.60. The zero-order valence-electron chi connectivity index (χ0n) is 14.8. The molecule has 0 unspecified atom stereocenters. The Morgan fingerprint density at radius 3 is 2.50 bits per heavy atom. The van der Waals surface area contributed by atoms with Crippen molar-refractivity contribution in [2.45, 2.75) is 25.2 Å². The van der Waals surface area contributed by atoms with Crippen LogP contribution >= 0.6 is 11.8 Å². The van der Waals surface area contributed by atoms with E-state index in [0.29, 0.717) is 34.9 Å². The Balaban J connectivity index is 2.93. The molecule has 0 heterocycles. The standard InChI is InChI=1S/C16H25NO5S2/c1-6-13-10-14(21-4)9-12(2)16(13)24(19,20)17(3)7-8-23-11-15(18)22-5/h9-10H,6-8,11H2,1-5H3. The quantitative estimate of drug-likeness (QED) is 0.486. The van der Waals surface area contributed by atoms with Gasteiger partial charge in [0.1, 0.15) is 5.75 Å². The van der Waals surface area contributed by atoms with E-state index in [2.05, 4.69) is 4.74 Å². The third-order valence-corrected chi connectivity index (χ3v) is 6.62. The fraction of sp³-hybridized carbons (Fsp3) is 0.562. The Hall–Kier alpha value is -1.25. The first-order chi connectivity index (χ1) is 11.3. The summed E-state index contributed by atoms with van der Waals surface area (Å²) in [6.07, 6.45) is 0.595. The smallest absolute Gasteiger partial charge is 0.315 e. The first kappa shape index (κ1) is 20.8. The van der Waals surface area contributed by atoms with Crippen LogP contribution < -0.4 is 4.74 Å². The highest BCUT2D eigenvalue weighted by Crippen LogP contribution is 2.28. The maximum absolute atomic E-state index is 12.9. The number of ether oxygens (including phenoxy) is 2. The largest absolute Gasteiger partial charge is 0.497 e. The van der Waals surface area contributed by atoms with E-state index < -0.39 is 10.0 Å². The van der Waals surface area contributed by atoms with E-state index in [0.717, 1.165) is 5.56 Å². The summed E-state index contributed by atoms with van der Waals surface area (Å²) in [5, 5.41) is 0. The molecule has 0 atom stereocenters. The van der Waals surface area contributed by atoms with E-state index in [9.17, 15) is 13.2 Å². The molecule has 0 N–H and O–H groups in total.